The van der Waals surface area contributed by atoms with Crippen LogP contribution in [0, 0.1) is 0 Å². The number of benzene rings is 1. The number of rotatable bonds is 8. The first kappa shape index (κ1) is 20.1. The number of nitrogens with zero attached hydrogens (tertiary/aromatic N) is 2. The number of guanidine groups is 1. The highest BCUT2D eigenvalue weighted by Crippen LogP contribution is 2.16. The van der Waals surface area contributed by atoms with Gasteiger partial charge in [-0.3, -0.25) is 4.90 Å². The molecule has 1 atom stereocenters. The smallest absolute Gasteiger partial charge is 0.188 e. The van der Waals surface area contributed by atoms with Crippen LogP contribution in [0.4, 0.5) is 0 Å². The lowest BCUT2D eigenvalue weighted by Gasteiger charge is -2.23. The predicted octanol–water partition coefficient (Wildman–Crippen LogP) is 2.27. The summed E-state index contributed by atoms with van der Waals surface area (Å²) in [6.45, 7) is 8.29. The molecule has 6 nitrogen and oxygen atoms in total. The minimum atomic E-state index is 0.331. The Labute approximate surface area is 163 Å². The van der Waals surface area contributed by atoms with Gasteiger partial charge in [0, 0.05) is 25.8 Å². The lowest BCUT2D eigenvalue weighted by molar-refractivity contribution is -0.0390. The maximum atomic E-state index is 6.04. The molecule has 1 aromatic rings. The zero-order valence-electron chi connectivity index (χ0n) is 16.5. The molecule has 2 fully saturated rings. The Morgan fingerprint density at radius 3 is 2.70 bits per heavy atom. The third-order valence-electron chi connectivity index (χ3n) is 5.53. The molecule has 1 aromatic carbocycles. The maximum absolute atomic E-state index is 6.04. The number of hydrogen-bond donors (Lipinski definition) is 2. The average molecular weight is 375 g/mol. The quantitative estimate of drug-likeness (QED) is 0.539. The normalized spacial score (nSPS) is 22.3. The molecular formula is C21H34N4O2. The van der Waals surface area contributed by atoms with Crippen molar-refractivity contribution >= 4 is 5.96 Å². The van der Waals surface area contributed by atoms with Crippen LogP contribution in [0.15, 0.2) is 29.3 Å². The van der Waals surface area contributed by atoms with Gasteiger partial charge >= 0.3 is 0 Å². The summed E-state index contributed by atoms with van der Waals surface area (Å²) >= 11 is 0. The first-order valence-electron chi connectivity index (χ1n) is 10.3. The first-order valence-corrected chi connectivity index (χ1v) is 10.3. The lowest BCUT2D eigenvalue weighted by atomic mass is 10.1. The number of nitrogens with one attached hydrogen (secondary N) is 1. The summed E-state index contributed by atoms with van der Waals surface area (Å²) in [7, 11) is 0. The molecule has 2 heterocycles. The van der Waals surface area contributed by atoms with Crippen LogP contribution in [-0.2, 0) is 22.6 Å². The van der Waals surface area contributed by atoms with E-state index in [0.29, 0.717) is 31.3 Å². The summed E-state index contributed by atoms with van der Waals surface area (Å²) in [5, 5.41) is 3.28. The van der Waals surface area contributed by atoms with Crippen molar-refractivity contribution < 1.29 is 9.47 Å². The summed E-state index contributed by atoms with van der Waals surface area (Å²) in [4.78, 5) is 6.98. The minimum absolute atomic E-state index is 0.331. The van der Waals surface area contributed by atoms with Crippen molar-refractivity contribution in [2.75, 3.05) is 32.8 Å². The molecule has 0 bridgehead atoms. The molecule has 0 spiro atoms. The van der Waals surface area contributed by atoms with Crippen molar-refractivity contribution in [3.05, 3.63) is 35.4 Å². The van der Waals surface area contributed by atoms with E-state index in [4.69, 9.17) is 15.2 Å². The summed E-state index contributed by atoms with van der Waals surface area (Å²) < 4.78 is 11.3. The van der Waals surface area contributed by atoms with Gasteiger partial charge < -0.3 is 20.5 Å². The predicted molar refractivity (Wildman–Crippen MR) is 109 cm³/mol. The van der Waals surface area contributed by atoms with Crippen LogP contribution in [0.25, 0.3) is 0 Å². The van der Waals surface area contributed by atoms with Crippen LogP contribution >= 0.6 is 0 Å². The van der Waals surface area contributed by atoms with Crippen molar-refractivity contribution in [2.24, 2.45) is 10.7 Å². The number of likely N-dealkylation sites (tertiary alicyclic amines) is 1. The highest BCUT2D eigenvalue weighted by Gasteiger charge is 2.22. The van der Waals surface area contributed by atoms with E-state index in [-0.39, 0.29) is 0 Å². The Morgan fingerprint density at radius 1 is 1.22 bits per heavy atom. The fourth-order valence-corrected chi connectivity index (χ4v) is 3.79. The van der Waals surface area contributed by atoms with Gasteiger partial charge in [-0.25, -0.2) is 4.99 Å². The van der Waals surface area contributed by atoms with Crippen LogP contribution in [-0.4, -0.2) is 55.9 Å². The molecule has 27 heavy (non-hydrogen) atoms. The standard InChI is InChI=1S/C21H34N4O2/c1-2-25-11-3-4-19(25)15-24-21(22)23-14-17-5-7-18(8-6-17)16-27-20-9-12-26-13-10-20/h5-8,19-20H,2-4,9-16H2,1H3,(H3,22,23,24). The molecular weight excluding hydrogens is 340 g/mol. The van der Waals surface area contributed by atoms with Gasteiger partial charge in [-0.1, -0.05) is 31.2 Å². The monoisotopic (exact) mass is 374 g/mol. The molecule has 2 aliphatic heterocycles. The Bertz CT molecular complexity index is 584. The molecule has 0 saturated carbocycles. The second-order valence-electron chi connectivity index (χ2n) is 7.45. The van der Waals surface area contributed by atoms with Crippen LogP contribution in [0.3, 0.4) is 0 Å². The lowest BCUT2D eigenvalue weighted by Crippen LogP contribution is -2.42. The molecule has 2 aliphatic rings. The Kier molecular flexibility index (Phi) is 7.93. The van der Waals surface area contributed by atoms with E-state index in [2.05, 4.69) is 46.4 Å². The van der Waals surface area contributed by atoms with Gasteiger partial charge in [-0.2, -0.15) is 0 Å². The highest BCUT2D eigenvalue weighted by atomic mass is 16.5. The van der Waals surface area contributed by atoms with Crippen LogP contribution in [0.2, 0.25) is 0 Å². The van der Waals surface area contributed by atoms with Gasteiger partial charge in [0.25, 0.3) is 0 Å². The van der Waals surface area contributed by atoms with Crippen LogP contribution in [0.5, 0.6) is 0 Å². The van der Waals surface area contributed by atoms with Crippen molar-refractivity contribution in [3.8, 4) is 0 Å². The molecule has 0 radical (unpaired) electrons. The van der Waals surface area contributed by atoms with Crippen molar-refractivity contribution in [1.29, 1.82) is 0 Å². The second kappa shape index (κ2) is 10.6. The summed E-state index contributed by atoms with van der Waals surface area (Å²) in [6, 6.07) is 9.03. The van der Waals surface area contributed by atoms with Gasteiger partial charge in [-0.15, -0.1) is 0 Å². The van der Waals surface area contributed by atoms with Crippen molar-refractivity contribution in [1.82, 2.24) is 10.2 Å². The fraction of sp³-hybridized carbons (Fsp3) is 0.667. The Hall–Kier alpha value is -1.63. The van der Waals surface area contributed by atoms with Gasteiger partial charge in [0.2, 0.25) is 0 Å². The third-order valence-corrected chi connectivity index (χ3v) is 5.53. The number of aliphatic imine (C=N–C) groups is 1. The topological polar surface area (TPSA) is 72.1 Å². The molecule has 3 rings (SSSR count). The van der Waals surface area contributed by atoms with Gasteiger partial charge in [0.05, 0.1) is 19.3 Å². The summed E-state index contributed by atoms with van der Waals surface area (Å²) in [5.41, 5.74) is 8.39. The van der Waals surface area contributed by atoms with Crippen LogP contribution in [0.1, 0.15) is 43.7 Å². The van der Waals surface area contributed by atoms with Crippen molar-refractivity contribution in [3.63, 3.8) is 0 Å². The highest BCUT2D eigenvalue weighted by molar-refractivity contribution is 5.77. The number of ether oxygens (including phenoxy) is 2. The molecule has 3 N–H and O–H groups in total. The SMILES string of the molecule is CCN1CCCC1CNC(N)=NCc1ccc(COC2CCOCC2)cc1. The fourth-order valence-electron chi connectivity index (χ4n) is 3.79. The van der Waals surface area contributed by atoms with Crippen LogP contribution < -0.4 is 11.1 Å². The molecule has 1 unspecified atom stereocenters. The molecule has 0 aliphatic carbocycles. The largest absolute Gasteiger partial charge is 0.381 e. The zero-order valence-corrected chi connectivity index (χ0v) is 16.5. The Balaban J connectivity index is 1.38. The molecule has 6 heteroatoms. The number of likely N-dealkylation sites (N-methyl/N-ethyl adjacent to an activating group) is 1. The van der Waals surface area contributed by atoms with E-state index in [1.165, 1.54) is 24.9 Å². The maximum Gasteiger partial charge on any atom is 0.188 e. The molecule has 2 saturated heterocycles. The average Bonchev–Trinajstić information content (AvgIpc) is 3.18. The van der Waals surface area contributed by atoms with Crippen molar-refractivity contribution in [2.45, 2.75) is 57.9 Å². The first-order chi connectivity index (χ1) is 13.2. The van der Waals surface area contributed by atoms with E-state index in [9.17, 15) is 0 Å². The van der Waals surface area contributed by atoms with E-state index >= 15 is 0 Å². The Morgan fingerprint density at radius 2 is 1.96 bits per heavy atom. The minimum Gasteiger partial charge on any atom is -0.381 e. The zero-order chi connectivity index (χ0) is 18.9. The van der Waals surface area contributed by atoms with E-state index in [1.807, 2.05) is 0 Å². The molecule has 0 amide bonds. The molecule has 0 aromatic heterocycles. The number of nitrogens with two attached hydrogens (primary N) is 1. The van der Waals surface area contributed by atoms with Gasteiger partial charge in [0.15, 0.2) is 5.96 Å². The van der Waals surface area contributed by atoms with E-state index in [0.717, 1.165) is 44.7 Å². The van der Waals surface area contributed by atoms with E-state index in [1.54, 1.807) is 0 Å². The second-order valence-corrected chi connectivity index (χ2v) is 7.45. The summed E-state index contributed by atoms with van der Waals surface area (Å²) in [5.74, 6) is 0.532. The van der Waals surface area contributed by atoms with E-state index < -0.39 is 0 Å². The number of hydrogen-bond acceptors (Lipinski definition) is 4. The van der Waals surface area contributed by atoms with Gasteiger partial charge in [0.1, 0.15) is 0 Å². The van der Waals surface area contributed by atoms with Gasteiger partial charge in [-0.05, 0) is 49.9 Å². The third kappa shape index (κ3) is 6.48. The summed E-state index contributed by atoms with van der Waals surface area (Å²) in [6.07, 6.45) is 4.84. The molecule has 150 valence electrons.